The Morgan fingerprint density at radius 2 is 1.26 bits per heavy atom. The molecule has 0 aromatic heterocycles. The third kappa shape index (κ3) is 14.5. The van der Waals surface area contributed by atoms with Crippen molar-refractivity contribution in [2.75, 3.05) is 6.61 Å². The molecule has 0 aromatic rings. The molecule has 2 atom stereocenters. The number of azide groups is 1. The van der Waals surface area contributed by atoms with Crippen LogP contribution in [0.1, 0.15) is 96.8 Å². The van der Waals surface area contributed by atoms with Crippen LogP contribution in [0.15, 0.2) is 5.11 Å². The highest BCUT2D eigenvalue weighted by Crippen LogP contribution is 2.15. The van der Waals surface area contributed by atoms with E-state index in [2.05, 4.69) is 16.9 Å². The lowest BCUT2D eigenvalue weighted by Crippen LogP contribution is -2.27. The predicted octanol–water partition coefficient (Wildman–Crippen LogP) is 5.50. The molecule has 0 rings (SSSR count). The quantitative estimate of drug-likeness (QED) is 0.160. The van der Waals surface area contributed by atoms with Crippen LogP contribution < -0.4 is 0 Å². The summed E-state index contributed by atoms with van der Waals surface area (Å²) < 4.78 is 0. The number of aliphatic hydroxyl groups is 2. The zero-order valence-electron chi connectivity index (χ0n) is 15.0. The van der Waals surface area contributed by atoms with E-state index in [0.29, 0.717) is 6.42 Å². The number of rotatable bonds is 17. The van der Waals surface area contributed by atoms with E-state index in [1.807, 2.05) is 0 Å². The average molecular weight is 328 g/mol. The Labute approximate surface area is 142 Å². The van der Waals surface area contributed by atoms with E-state index < -0.39 is 12.1 Å². The fraction of sp³-hybridized carbons (Fsp3) is 1.00. The lowest BCUT2D eigenvalue weighted by Gasteiger charge is -2.15. The van der Waals surface area contributed by atoms with Crippen LogP contribution in [0.3, 0.4) is 0 Å². The lowest BCUT2D eigenvalue weighted by molar-refractivity contribution is 0.0712. The van der Waals surface area contributed by atoms with E-state index in [-0.39, 0.29) is 6.61 Å². The van der Waals surface area contributed by atoms with Crippen LogP contribution in [0.2, 0.25) is 0 Å². The first kappa shape index (κ1) is 22.2. The first-order chi connectivity index (χ1) is 11.3. The Morgan fingerprint density at radius 3 is 1.65 bits per heavy atom. The van der Waals surface area contributed by atoms with Gasteiger partial charge in [-0.1, -0.05) is 95.5 Å². The molecule has 23 heavy (non-hydrogen) atoms. The van der Waals surface area contributed by atoms with E-state index in [1.165, 1.54) is 70.6 Å². The highest BCUT2D eigenvalue weighted by Gasteiger charge is 2.15. The summed E-state index contributed by atoms with van der Waals surface area (Å²) in [6.07, 6.45) is 16.6. The Morgan fingerprint density at radius 1 is 0.826 bits per heavy atom. The van der Waals surface area contributed by atoms with Gasteiger partial charge in [0.15, 0.2) is 0 Å². The van der Waals surface area contributed by atoms with Gasteiger partial charge >= 0.3 is 0 Å². The molecule has 0 spiro atoms. The molecule has 0 aliphatic rings. The molecule has 5 nitrogen and oxygen atoms in total. The molecule has 2 N–H and O–H groups in total. The second-order valence-electron chi connectivity index (χ2n) is 6.55. The second-order valence-corrected chi connectivity index (χ2v) is 6.55. The molecule has 0 aromatic carbocycles. The Hall–Kier alpha value is -0.770. The van der Waals surface area contributed by atoms with Crippen molar-refractivity contribution in [1.82, 2.24) is 0 Å². The highest BCUT2D eigenvalue weighted by atomic mass is 16.3. The van der Waals surface area contributed by atoms with Crippen molar-refractivity contribution in [3.8, 4) is 0 Å². The van der Waals surface area contributed by atoms with Crippen LogP contribution in [-0.4, -0.2) is 29.0 Å². The van der Waals surface area contributed by atoms with Crippen molar-refractivity contribution in [3.05, 3.63) is 10.4 Å². The minimum Gasteiger partial charge on any atom is -0.394 e. The largest absolute Gasteiger partial charge is 0.394 e. The van der Waals surface area contributed by atoms with Gasteiger partial charge in [-0.15, -0.1) is 0 Å². The molecule has 0 bridgehead atoms. The average Bonchev–Trinajstić information content (AvgIpc) is 2.57. The standard InChI is InChI=1S/C18H37N3O2/c1-2-3-4-5-6-7-8-9-10-11-12-13-14-15-17(20-21-19)18(23)16-22/h17-18,22-23H,2-16H2,1H3/t17-,18+/m0/s1. The van der Waals surface area contributed by atoms with Gasteiger partial charge in [0.2, 0.25) is 0 Å². The van der Waals surface area contributed by atoms with Crippen molar-refractivity contribution >= 4 is 0 Å². The Balaban J connectivity index is 3.34. The summed E-state index contributed by atoms with van der Waals surface area (Å²) in [5, 5.41) is 22.0. The van der Waals surface area contributed by atoms with Gasteiger partial charge in [-0.05, 0) is 12.0 Å². The van der Waals surface area contributed by atoms with E-state index >= 15 is 0 Å². The smallest absolute Gasteiger partial charge is 0.0855 e. The topological polar surface area (TPSA) is 89.2 Å². The number of nitrogens with zero attached hydrogens (tertiary/aromatic N) is 3. The van der Waals surface area contributed by atoms with Gasteiger partial charge in [0, 0.05) is 4.91 Å². The van der Waals surface area contributed by atoms with Crippen LogP contribution in [0.25, 0.3) is 10.4 Å². The van der Waals surface area contributed by atoms with E-state index in [0.717, 1.165) is 12.8 Å². The van der Waals surface area contributed by atoms with Crippen LogP contribution in [0.4, 0.5) is 0 Å². The zero-order valence-corrected chi connectivity index (χ0v) is 15.0. The van der Waals surface area contributed by atoms with Gasteiger partial charge in [-0.3, -0.25) is 0 Å². The lowest BCUT2D eigenvalue weighted by atomic mass is 10.0. The van der Waals surface area contributed by atoms with Gasteiger partial charge in [-0.25, -0.2) is 0 Å². The van der Waals surface area contributed by atoms with Crippen LogP contribution in [0.5, 0.6) is 0 Å². The number of hydrogen-bond acceptors (Lipinski definition) is 3. The number of aliphatic hydroxyl groups excluding tert-OH is 2. The van der Waals surface area contributed by atoms with Gasteiger partial charge < -0.3 is 10.2 Å². The van der Waals surface area contributed by atoms with Crippen molar-refractivity contribution in [2.24, 2.45) is 5.11 Å². The van der Waals surface area contributed by atoms with E-state index in [1.54, 1.807) is 0 Å². The summed E-state index contributed by atoms with van der Waals surface area (Å²) in [4.78, 5) is 2.74. The number of hydrogen-bond donors (Lipinski definition) is 2. The molecule has 5 heteroatoms. The third-order valence-electron chi connectivity index (χ3n) is 4.43. The second kappa shape index (κ2) is 17.6. The van der Waals surface area contributed by atoms with E-state index in [4.69, 9.17) is 10.6 Å². The molecule has 136 valence electrons. The van der Waals surface area contributed by atoms with Crippen LogP contribution >= 0.6 is 0 Å². The fourth-order valence-electron chi connectivity index (χ4n) is 2.89. The summed E-state index contributed by atoms with van der Waals surface area (Å²) in [5.41, 5.74) is 8.45. The summed E-state index contributed by atoms with van der Waals surface area (Å²) in [6, 6.07) is -0.488. The summed E-state index contributed by atoms with van der Waals surface area (Å²) in [5.74, 6) is 0. The van der Waals surface area contributed by atoms with Crippen molar-refractivity contribution < 1.29 is 10.2 Å². The maximum Gasteiger partial charge on any atom is 0.0855 e. The first-order valence-corrected chi connectivity index (χ1v) is 9.59. The zero-order chi connectivity index (χ0) is 17.2. The first-order valence-electron chi connectivity index (χ1n) is 9.59. The molecule has 0 unspecified atom stereocenters. The third-order valence-corrected chi connectivity index (χ3v) is 4.43. The fourth-order valence-corrected chi connectivity index (χ4v) is 2.89. The minimum absolute atomic E-state index is 0.345. The monoisotopic (exact) mass is 327 g/mol. The maximum atomic E-state index is 9.53. The van der Waals surface area contributed by atoms with Crippen molar-refractivity contribution in [3.63, 3.8) is 0 Å². The molecule has 0 fully saturated rings. The molecular weight excluding hydrogens is 290 g/mol. The summed E-state index contributed by atoms with van der Waals surface area (Å²) in [7, 11) is 0. The van der Waals surface area contributed by atoms with Crippen LogP contribution in [-0.2, 0) is 0 Å². The molecule has 0 saturated carbocycles. The normalized spacial score (nSPS) is 13.5. The van der Waals surface area contributed by atoms with Crippen molar-refractivity contribution in [1.29, 1.82) is 0 Å². The van der Waals surface area contributed by atoms with Gasteiger partial charge in [0.05, 0.1) is 18.8 Å². The molecule has 0 radical (unpaired) electrons. The van der Waals surface area contributed by atoms with Gasteiger partial charge in [-0.2, -0.15) is 0 Å². The van der Waals surface area contributed by atoms with Crippen LogP contribution in [0, 0.1) is 0 Å². The van der Waals surface area contributed by atoms with Gasteiger partial charge in [0.25, 0.3) is 0 Å². The van der Waals surface area contributed by atoms with Gasteiger partial charge in [0.1, 0.15) is 0 Å². The Bertz CT molecular complexity index is 294. The molecule has 0 aliphatic heterocycles. The summed E-state index contributed by atoms with van der Waals surface area (Å²) in [6.45, 7) is 1.91. The number of unbranched alkanes of at least 4 members (excludes halogenated alkanes) is 12. The van der Waals surface area contributed by atoms with E-state index in [9.17, 15) is 5.11 Å². The SMILES string of the molecule is CCCCCCCCCCCCCCC[C@H](N=[N+]=[N-])[C@H](O)CO. The molecule has 0 aliphatic carbocycles. The highest BCUT2D eigenvalue weighted by molar-refractivity contribution is 4.75. The maximum absolute atomic E-state index is 9.53. The Kier molecular flexibility index (Phi) is 17.0. The molecule has 0 amide bonds. The predicted molar refractivity (Wildman–Crippen MR) is 96.3 cm³/mol. The van der Waals surface area contributed by atoms with Crippen molar-refractivity contribution in [2.45, 2.75) is 109 Å². The molecule has 0 heterocycles. The summed E-state index contributed by atoms with van der Waals surface area (Å²) >= 11 is 0. The molecular formula is C18H37N3O2. The molecule has 0 saturated heterocycles. The minimum atomic E-state index is -0.928.